The number of carbonyl (C=O) groups is 1. The Bertz CT molecular complexity index is 1460. The molecular formula is C28H31ClN6O3. The monoisotopic (exact) mass is 534 g/mol. The van der Waals surface area contributed by atoms with Crippen LogP contribution < -0.4 is 15.4 Å². The second-order valence-electron chi connectivity index (χ2n) is 10.5. The van der Waals surface area contributed by atoms with Crippen LogP contribution in [0.5, 0.6) is 11.6 Å². The molecule has 2 fully saturated rings. The number of aryl methyl sites for hydroxylation is 1. The average Bonchev–Trinajstić information content (AvgIpc) is 3.57. The number of fused-ring (bicyclic) bond motifs is 1. The predicted molar refractivity (Wildman–Crippen MR) is 147 cm³/mol. The first-order chi connectivity index (χ1) is 17.8. The lowest BCUT2D eigenvalue weighted by atomic mass is 9.72. The van der Waals surface area contributed by atoms with Crippen molar-refractivity contribution in [1.29, 1.82) is 0 Å². The van der Waals surface area contributed by atoms with Gasteiger partial charge >= 0.3 is 0 Å². The van der Waals surface area contributed by atoms with Gasteiger partial charge in [-0.15, -0.1) is 12.4 Å². The molecule has 0 saturated heterocycles. The molecule has 2 saturated carbocycles. The summed E-state index contributed by atoms with van der Waals surface area (Å²) < 4.78 is 7.81. The summed E-state index contributed by atoms with van der Waals surface area (Å²) in [6.45, 7) is 4.53. The Morgan fingerprint density at radius 2 is 2.03 bits per heavy atom. The minimum absolute atomic E-state index is 0. The number of anilines is 1. The minimum Gasteiger partial charge on any atom is -0.437 e. The van der Waals surface area contributed by atoms with Crippen LogP contribution in [0, 0.1) is 12.8 Å². The van der Waals surface area contributed by atoms with Crippen molar-refractivity contribution in [2.24, 2.45) is 5.92 Å². The first-order valence-corrected chi connectivity index (χ1v) is 12.7. The summed E-state index contributed by atoms with van der Waals surface area (Å²) in [6.07, 6.45) is 8.74. The zero-order chi connectivity index (χ0) is 25.6. The highest BCUT2D eigenvalue weighted by Crippen LogP contribution is 2.37. The van der Waals surface area contributed by atoms with Gasteiger partial charge < -0.3 is 20.5 Å². The first-order valence-electron chi connectivity index (χ1n) is 12.7. The standard InChI is InChI=1S/C28H30N6O3.ClH/c1-17-10-19(5-8-22(17)27(35)32-20-6-7-20)23-16-31-34-24(30-14-18-12-28(2,36)13-18)11-25(33-26(23)34)37-21-4-3-9-29-15-21;/h3-5,8-11,15-16,18,20,30,36H,6-7,12-14H2,1-2H3,(H,32,35);1H. The normalized spacial score (nSPS) is 20.3. The third-order valence-corrected chi connectivity index (χ3v) is 7.03. The van der Waals surface area contributed by atoms with E-state index in [4.69, 9.17) is 9.72 Å². The Morgan fingerprint density at radius 1 is 1.21 bits per heavy atom. The van der Waals surface area contributed by atoms with E-state index < -0.39 is 5.60 Å². The molecule has 10 heteroatoms. The molecule has 0 unspecified atom stereocenters. The third kappa shape index (κ3) is 5.44. The van der Waals surface area contributed by atoms with E-state index in [0.717, 1.165) is 48.2 Å². The Balaban J connectivity index is 0.00000294. The van der Waals surface area contributed by atoms with E-state index in [1.165, 1.54) is 0 Å². The van der Waals surface area contributed by atoms with Crippen LogP contribution in [0.1, 0.15) is 48.5 Å². The molecule has 6 rings (SSSR count). The van der Waals surface area contributed by atoms with Crippen LogP contribution in [-0.2, 0) is 0 Å². The van der Waals surface area contributed by atoms with Gasteiger partial charge in [0, 0.05) is 36.0 Å². The first kappa shape index (κ1) is 25.9. The van der Waals surface area contributed by atoms with Crippen LogP contribution in [0.3, 0.4) is 0 Å². The number of hydrogen-bond acceptors (Lipinski definition) is 7. The van der Waals surface area contributed by atoms with Crippen molar-refractivity contribution in [3.8, 4) is 22.8 Å². The number of nitrogens with one attached hydrogen (secondary N) is 2. The lowest BCUT2D eigenvalue weighted by molar-refractivity contribution is -0.0524. The lowest BCUT2D eigenvalue weighted by Gasteiger charge is -2.41. The van der Waals surface area contributed by atoms with Gasteiger partial charge in [0.05, 0.1) is 18.0 Å². The van der Waals surface area contributed by atoms with E-state index in [1.54, 1.807) is 23.1 Å². The molecule has 3 heterocycles. The average molecular weight is 535 g/mol. The molecule has 38 heavy (non-hydrogen) atoms. The number of aliphatic hydroxyl groups is 1. The Morgan fingerprint density at radius 3 is 2.71 bits per heavy atom. The number of hydrogen-bond donors (Lipinski definition) is 3. The van der Waals surface area contributed by atoms with Crippen LogP contribution >= 0.6 is 12.4 Å². The van der Waals surface area contributed by atoms with Crippen LogP contribution in [0.4, 0.5) is 5.82 Å². The molecule has 4 aromatic rings. The molecule has 3 aromatic heterocycles. The molecule has 1 amide bonds. The fourth-order valence-electron chi connectivity index (χ4n) is 5.00. The molecule has 1 aromatic carbocycles. The number of nitrogens with zero attached hydrogens (tertiary/aromatic N) is 4. The van der Waals surface area contributed by atoms with Gasteiger partial charge in [0.15, 0.2) is 5.65 Å². The van der Waals surface area contributed by atoms with E-state index in [0.29, 0.717) is 41.3 Å². The van der Waals surface area contributed by atoms with Crippen molar-refractivity contribution in [1.82, 2.24) is 24.9 Å². The summed E-state index contributed by atoms with van der Waals surface area (Å²) in [5.41, 5.74) is 3.39. The quantitative estimate of drug-likeness (QED) is 0.298. The molecule has 0 aliphatic heterocycles. The van der Waals surface area contributed by atoms with Gasteiger partial charge in [-0.1, -0.05) is 12.1 Å². The van der Waals surface area contributed by atoms with Crippen molar-refractivity contribution in [2.45, 2.75) is 51.2 Å². The zero-order valence-corrected chi connectivity index (χ0v) is 22.2. The van der Waals surface area contributed by atoms with Crippen LogP contribution in [-0.4, -0.2) is 48.8 Å². The van der Waals surface area contributed by atoms with Crippen LogP contribution in [0.25, 0.3) is 16.8 Å². The maximum atomic E-state index is 12.6. The van der Waals surface area contributed by atoms with Gasteiger partial charge in [-0.2, -0.15) is 14.6 Å². The van der Waals surface area contributed by atoms with Crippen molar-refractivity contribution < 1.29 is 14.6 Å². The fraction of sp³-hybridized carbons (Fsp3) is 0.357. The molecule has 0 atom stereocenters. The molecule has 2 aliphatic rings. The minimum atomic E-state index is -0.576. The van der Waals surface area contributed by atoms with E-state index in [1.807, 2.05) is 50.2 Å². The highest BCUT2D eigenvalue weighted by molar-refractivity contribution is 5.97. The van der Waals surface area contributed by atoms with E-state index in [-0.39, 0.29) is 18.3 Å². The summed E-state index contributed by atoms with van der Waals surface area (Å²) in [7, 11) is 0. The predicted octanol–water partition coefficient (Wildman–Crippen LogP) is 4.78. The van der Waals surface area contributed by atoms with E-state index in [2.05, 4.69) is 20.7 Å². The number of benzene rings is 1. The highest BCUT2D eigenvalue weighted by Gasteiger charge is 2.38. The van der Waals surface area contributed by atoms with Gasteiger partial charge in [-0.05, 0) is 74.8 Å². The molecule has 0 bridgehead atoms. The molecule has 0 spiro atoms. The number of halogens is 1. The van der Waals surface area contributed by atoms with Crippen molar-refractivity contribution in [2.75, 3.05) is 11.9 Å². The van der Waals surface area contributed by atoms with Crippen LogP contribution in [0.15, 0.2) is 55.0 Å². The summed E-state index contributed by atoms with van der Waals surface area (Å²) >= 11 is 0. The lowest BCUT2D eigenvalue weighted by Crippen LogP contribution is -2.43. The highest BCUT2D eigenvalue weighted by atomic mass is 35.5. The summed E-state index contributed by atoms with van der Waals surface area (Å²) in [5, 5.41) is 21.3. The third-order valence-electron chi connectivity index (χ3n) is 7.03. The van der Waals surface area contributed by atoms with Gasteiger partial charge in [-0.3, -0.25) is 9.78 Å². The number of ether oxygens (including phenoxy) is 1. The van der Waals surface area contributed by atoms with Gasteiger partial charge in [0.1, 0.15) is 11.6 Å². The van der Waals surface area contributed by atoms with Gasteiger partial charge in [0.25, 0.3) is 5.91 Å². The molecular weight excluding hydrogens is 504 g/mol. The zero-order valence-electron chi connectivity index (χ0n) is 21.3. The number of amides is 1. The topological polar surface area (TPSA) is 114 Å². The smallest absolute Gasteiger partial charge is 0.251 e. The molecule has 9 nitrogen and oxygen atoms in total. The van der Waals surface area contributed by atoms with E-state index in [9.17, 15) is 9.90 Å². The van der Waals surface area contributed by atoms with Crippen molar-refractivity contribution >= 4 is 29.8 Å². The number of pyridine rings is 1. The van der Waals surface area contributed by atoms with Crippen LogP contribution in [0.2, 0.25) is 0 Å². The van der Waals surface area contributed by atoms with Crippen molar-refractivity contribution in [3.63, 3.8) is 0 Å². The molecule has 198 valence electrons. The number of rotatable bonds is 8. The maximum Gasteiger partial charge on any atom is 0.251 e. The van der Waals surface area contributed by atoms with Gasteiger partial charge in [0.2, 0.25) is 5.88 Å². The number of carbonyl (C=O) groups excluding carboxylic acids is 1. The summed E-state index contributed by atoms with van der Waals surface area (Å²) in [6, 6.07) is 11.6. The largest absolute Gasteiger partial charge is 0.437 e. The van der Waals surface area contributed by atoms with Gasteiger partial charge in [-0.25, -0.2) is 0 Å². The molecule has 2 aliphatic carbocycles. The van der Waals surface area contributed by atoms with E-state index >= 15 is 0 Å². The Hall–Kier alpha value is -3.69. The molecule has 3 N–H and O–H groups in total. The Kier molecular flexibility index (Phi) is 6.98. The summed E-state index contributed by atoms with van der Waals surface area (Å²) in [4.78, 5) is 21.5. The second kappa shape index (κ2) is 10.2. The van der Waals surface area contributed by atoms with Crippen molar-refractivity contribution in [3.05, 3.63) is 66.1 Å². The Labute approximate surface area is 227 Å². The SMILES string of the molecule is Cc1cc(-c2cnn3c(NCC4CC(C)(O)C4)cc(Oc4cccnc4)nc23)ccc1C(=O)NC1CC1.Cl. The maximum absolute atomic E-state index is 12.6. The molecule has 0 radical (unpaired) electrons. The second-order valence-corrected chi connectivity index (χ2v) is 10.5. The summed E-state index contributed by atoms with van der Waals surface area (Å²) in [5.74, 6) is 2.11. The number of aromatic nitrogens is 4. The fourth-order valence-corrected chi connectivity index (χ4v) is 5.00.